The number of hydrogen-bond acceptors (Lipinski definition) is 2. The lowest BCUT2D eigenvalue weighted by molar-refractivity contribution is -0.120. The van der Waals surface area contributed by atoms with Gasteiger partial charge in [-0.25, -0.2) is 0 Å². The summed E-state index contributed by atoms with van der Waals surface area (Å²) in [6, 6.07) is 0. The fraction of sp³-hybridized carbons (Fsp3) is 0.929. The molecule has 3 nitrogen and oxygen atoms in total. The van der Waals surface area contributed by atoms with Crippen LogP contribution >= 0.6 is 0 Å². The van der Waals surface area contributed by atoms with Crippen LogP contribution in [0.2, 0.25) is 0 Å². The minimum absolute atomic E-state index is 0.155. The molecule has 0 heterocycles. The summed E-state index contributed by atoms with van der Waals surface area (Å²) in [4.78, 5) is 11.4. The van der Waals surface area contributed by atoms with Gasteiger partial charge in [0.15, 0.2) is 0 Å². The van der Waals surface area contributed by atoms with Crippen molar-refractivity contribution >= 4 is 5.91 Å². The molecule has 0 atom stereocenters. The largest absolute Gasteiger partial charge is 0.355 e. The molecule has 0 unspecified atom stereocenters. The van der Waals surface area contributed by atoms with Crippen LogP contribution in [0.25, 0.3) is 0 Å². The van der Waals surface area contributed by atoms with E-state index in [9.17, 15) is 4.79 Å². The lowest BCUT2D eigenvalue weighted by Crippen LogP contribution is -2.35. The van der Waals surface area contributed by atoms with E-state index in [1.807, 2.05) is 0 Å². The van der Waals surface area contributed by atoms with Gasteiger partial charge in [-0.05, 0) is 31.7 Å². The summed E-state index contributed by atoms with van der Waals surface area (Å²) in [5, 5.41) is 6.17. The molecule has 0 aromatic rings. The third-order valence-electron chi connectivity index (χ3n) is 3.28. The molecule has 100 valence electrons. The third-order valence-corrected chi connectivity index (χ3v) is 3.28. The van der Waals surface area contributed by atoms with Gasteiger partial charge in [0, 0.05) is 6.54 Å². The zero-order valence-corrected chi connectivity index (χ0v) is 11.3. The molecular weight excluding hydrogens is 212 g/mol. The number of hydrogen-bond donors (Lipinski definition) is 2. The van der Waals surface area contributed by atoms with Crippen molar-refractivity contribution in [1.82, 2.24) is 10.6 Å². The van der Waals surface area contributed by atoms with Crippen molar-refractivity contribution in [3.63, 3.8) is 0 Å². The van der Waals surface area contributed by atoms with Crippen LogP contribution in [0.15, 0.2) is 0 Å². The van der Waals surface area contributed by atoms with Crippen LogP contribution in [0.3, 0.4) is 0 Å². The Balaban J connectivity index is 1.74. The molecule has 0 aliphatic heterocycles. The maximum absolute atomic E-state index is 11.4. The van der Waals surface area contributed by atoms with Crippen molar-refractivity contribution in [3.05, 3.63) is 0 Å². The van der Waals surface area contributed by atoms with Gasteiger partial charge in [0.2, 0.25) is 5.91 Å². The van der Waals surface area contributed by atoms with Crippen molar-refractivity contribution in [2.75, 3.05) is 19.6 Å². The first-order chi connectivity index (χ1) is 8.33. The molecule has 1 rings (SSSR count). The zero-order chi connectivity index (χ0) is 12.3. The Hall–Kier alpha value is -0.570. The summed E-state index contributed by atoms with van der Waals surface area (Å²) in [5.41, 5.74) is 0. The van der Waals surface area contributed by atoms with E-state index >= 15 is 0 Å². The molecule has 1 saturated carbocycles. The smallest absolute Gasteiger partial charge is 0.233 e. The van der Waals surface area contributed by atoms with Crippen molar-refractivity contribution in [3.8, 4) is 0 Å². The molecule has 3 heteroatoms. The fourth-order valence-corrected chi connectivity index (χ4v) is 1.87. The topological polar surface area (TPSA) is 41.1 Å². The van der Waals surface area contributed by atoms with E-state index in [0.717, 1.165) is 19.0 Å². The van der Waals surface area contributed by atoms with E-state index in [2.05, 4.69) is 17.6 Å². The molecule has 1 aliphatic rings. The molecule has 2 N–H and O–H groups in total. The van der Waals surface area contributed by atoms with Crippen molar-refractivity contribution in [2.24, 2.45) is 5.92 Å². The van der Waals surface area contributed by atoms with Gasteiger partial charge < -0.3 is 10.6 Å². The van der Waals surface area contributed by atoms with Crippen LogP contribution in [0.4, 0.5) is 0 Å². The van der Waals surface area contributed by atoms with E-state index in [4.69, 9.17) is 0 Å². The van der Waals surface area contributed by atoms with Crippen LogP contribution in [0.5, 0.6) is 0 Å². The van der Waals surface area contributed by atoms with Gasteiger partial charge in [-0.1, -0.05) is 39.0 Å². The average molecular weight is 240 g/mol. The summed E-state index contributed by atoms with van der Waals surface area (Å²) >= 11 is 0. The van der Waals surface area contributed by atoms with Crippen molar-refractivity contribution in [2.45, 2.75) is 58.3 Å². The maximum atomic E-state index is 11.4. The first kappa shape index (κ1) is 14.5. The van der Waals surface area contributed by atoms with E-state index in [-0.39, 0.29) is 5.91 Å². The first-order valence-electron chi connectivity index (χ1n) is 7.30. The second kappa shape index (κ2) is 9.46. The molecule has 0 radical (unpaired) electrons. The molecule has 1 fully saturated rings. The average Bonchev–Trinajstić information content (AvgIpc) is 3.14. The van der Waals surface area contributed by atoms with Crippen molar-refractivity contribution in [1.29, 1.82) is 0 Å². The van der Waals surface area contributed by atoms with Gasteiger partial charge in [-0.15, -0.1) is 0 Å². The van der Waals surface area contributed by atoms with Gasteiger partial charge in [-0.2, -0.15) is 0 Å². The fourth-order valence-electron chi connectivity index (χ4n) is 1.87. The molecule has 17 heavy (non-hydrogen) atoms. The number of nitrogens with one attached hydrogen (secondary N) is 2. The highest BCUT2D eigenvalue weighted by Crippen LogP contribution is 2.27. The highest BCUT2D eigenvalue weighted by molar-refractivity contribution is 5.77. The van der Waals surface area contributed by atoms with Crippen LogP contribution < -0.4 is 10.6 Å². The summed E-state index contributed by atoms with van der Waals surface area (Å²) in [6.07, 6.45) is 10.4. The Morgan fingerprint density at radius 2 is 1.82 bits per heavy atom. The van der Waals surface area contributed by atoms with Gasteiger partial charge in [-0.3, -0.25) is 4.79 Å². The number of carbonyl (C=O) groups excluding carboxylic acids is 1. The second-order valence-electron chi connectivity index (χ2n) is 5.19. The van der Waals surface area contributed by atoms with E-state index in [1.165, 1.54) is 51.4 Å². The number of amides is 1. The van der Waals surface area contributed by atoms with Crippen LogP contribution in [0.1, 0.15) is 58.3 Å². The second-order valence-corrected chi connectivity index (χ2v) is 5.19. The highest BCUT2D eigenvalue weighted by Gasteiger charge is 2.21. The van der Waals surface area contributed by atoms with Crippen LogP contribution in [0, 0.1) is 5.92 Å². The normalized spacial score (nSPS) is 14.9. The Kier molecular flexibility index (Phi) is 8.06. The van der Waals surface area contributed by atoms with Crippen molar-refractivity contribution < 1.29 is 4.79 Å². The number of carbonyl (C=O) groups is 1. The Labute approximate surface area is 106 Å². The highest BCUT2D eigenvalue weighted by atomic mass is 16.1. The zero-order valence-electron chi connectivity index (χ0n) is 11.3. The molecule has 0 saturated heterocycles. The van der Waals surface area contributed by atoms with E-state index < -0.39 is 0 Å². The first-order valence-corrected chi connectivity index (χ1v) is 7.30. The Bertz CT molecular complexity index is 202. The summed E-state index contributed by atoms with van der Waals surface area (Å²) in [5.74, 6) is 0.931. The molecule has 1 aliphatic carbocycles. The molecular formula is C14H28N2O. The Morgan fingerprint density at radius 1 is 1.12 bits per heavy atom. The Morgan fingerprint density at radius 3 is 2.53 bits per heavy atom. The van der Waals surface area contributed by atoms with Crippen LogP contribution in [-0.4, -0.2) is 25.5 Å². The number of rotatable bonds is 11. The summed E-state index contributed by atoms with van der Waals surface area (Å²) in [7, 11) is 0. The van der Waals surface area contributed by atoms with Gasteiger partial charge in [0.1, 0.15) is 0 Å². The van der Waals surface area contributed by atoms with Gasteiger partial charge >= 0.3 is 0 Å². The predicted octanol–water partition coefficient (Wildman–Crippen LogP) is 2.46. The SMILES string of the molecule is CCCCCCCCNCC(=O)NCC1CC1. The lowest BCUT2D eigenvalue weighted by Gasteiger charge is -2.06. The molecule has 1 amide bonds. The lowest BCUT2D eigenvalue weighted by atomic mass is 10.1. The molecule has 0 bridgehead atoms. The molecule has 0 aromatic heterocycles. The number of unbranched alkanes of at least 4 members (excludes halogenated alkanes) is 5. The summed E-state index contributed by atoms with van der Waals surface area (Å²) < 4.78 is 0. The van der Waals surface area contributed by atoms with Gasteiger partial charge in [0.25, 0.3) is 0 Å². The molecule has 0 spiro atoms. The molecule has 0 aromatic carbocycles. The van der Waals surface area contributed by atoms with Crippen LogP contribution in [-0.2, 0) is 4.79 Å². The quantitative estimate of drug-likeness (QED) is 0.545. The standard InChI is InChI=1S/C14H28N2O/c1-2-3-4-5-6-7-10-15-12-14(17)16-11-13-8-9-13/h13,15H,2-12H2,1H3,(H,16,17). The minimum atomic E-state index is 0.155. The monoisotopic (exact) mass is 240 g/mol. The van der Waals surface area contributed by atoms with E-state index in [1.54, 1.807) is 0 Å². The predicted molar refractivity (Wildman–Crippen MR) is 72.0 cm³/mol. The van der Waals surface area contributed by atoms with E-state index in [0.29, 0.717) is 6.54 Å². The van der Waals surface area contributed by atoms with Gasteiger partial charge in [0.05, 0.1) is 6.54 Å². The maximum Gasteiger partial charge on any atom is 0.233 e. The summed E-state index contributed by atoms with van der Waals surface area (Å²) in [6.45, 7) is 4.59. The third kappa shape index (κ3) is 9.16. The minimum Gasteiger partial charge on any atom is -0.355 e.